The number of nitrogens with zero attached hydrogens (tertiary/aromatic N) is 1. The van der Waals surface area contributed by atoms with Gasteiger partial charge in [-0.3, -0.25) is 4.79 Å². The molecule has 0 bridgehead atoms. The summed E-state index contributed by atoms with van der Waals surface area (Å²) >= 11 is 0. The van der Waals surface area contributed by atoms with Crippen LogP contribution in [0.3, 0.4) is 0 Å². The normalized spacial score (nSPS) is 27.7. The number of carbonyl (C=O) groups is 2. The summed E-state index contributed by atoms with van der Waals surface area (Å²) in [5.74, 6) is -1.28. The van der Waals surface area contributed by atoms with E-state index in [1.165, 1.54) is 4.90 Å². The van der Waals surface area contributed by atoms with Gasteiger partial charge in [-0.2, -0.15) is 0 Å². The zero-order valence-electron chi connectivity index (χ0n) is 28.4. The zero-order chi connectivity index (χ0) is 32.1. The summed E-state index contributed by atoms with van der Waals surface area (Å²) in [6, 6.07) is 9.03. The van der Waals surface area contributed by atoms with Crippen molar-refractivity contribution in [3.8, 4) is 0 Å². The molecule has 0 radical (unpaired) electrons. The van der Waals surface area contributed by atoms with E-state index < -0.39 is 64.4 Å². The van der Waals surface area contributed by atoms with E-state index >= 15 is 0 Å². The van der Waals surface area contributed by atoms with Crippen molar-refractivity contribution < 1.29 is 32.7 Å². The van der Waals surface area contributed by atoms with Gasteiger partial charge in [-0.25, -0.2) is 9.69 Å². The van der Waals surface area contributed by atoms with Crippen molar-refractivity contribution >= 4 is 28.6 Å². The highest BCUT2D eigenvalue weighted by Crippen LogP contribution is 2.44. The molecule has 0 N–H and O–H groups in total. The van der Waals surface area contributed by atoms with Gasteiger partial charge in [-0.15, -0.1) is 0 Å². The number of hydrogen-bond acceptors (Lipinski definition) is 7. The molecule has 2 heterocycles. The lowest BCUT2D eigenvalue weighted by atomic mass is 9.94. The van der Waals surface area contributed by atoms with E-state index in [4.69, 9.17) is 23.1 Å². The van der Waals surface area contributed by atoms with Gasteiger partial charge in [0.05, 0.1) is 18.8 Å². The predicted molar refractivity (Wildman–Crippen MR) is 170 cm³/mol. The first kappa shape index (κ1) is 34.9. The highest BCUT2D eigenvalue weighted by molar-refractivity contribution is 6.74. The van der Waals surface area contributed by atoms with Gasteiger partial charge in [0.2, 0.25) is 0 Å². The van der Waals surface area contributed by atoms with Crippen LogP contribution in [0.4, 0.5) is 4.79 Å². The molecule has 1 aromatic carbocycles. The number of hydrogen-bond donors (Lipinski definition) is 0. The molecule has 0 spiro atoms. The van der Waals surface area contributed by atoms with Crippen LogP contribution in [-0.4, -0.2) is 69.8 Å². The highest BCUT2D eigenvalue weighted by atomic mass is 28.4. The van der Waals surface area contributed by atoms with E-state index in [1.54, 1.807) is 0 Å². The summed E-state index contributed by atoms with van der Waals surface area (Å²) < 4.78 is 32.1. The maximum absolute atomic E-state index is 14.4. The molecule has 5 atom stereocenters. The maximum atomic E-state index is 14.4. The molecular weight excluding hydrogens is 567 g/mol. The molecule has 2 aliphatic heterocycles. The second-order valence-electron chi connectivity index (χ2n) is 15.7. The van der Waals surface area contributed by atoms with Crippen LogP contribution in [0.2, 0.25) is 36.3 Å². The minimum absolute atomic E-state index is 0.0271. The van der Waals surface area contributed by atoms with Crippen molar-refractivity contribution in [2.45, 2.75) is 148 Å². The Morgan fingerprint density at radius 1 is 0.976 bits per heavy atom. The summed E-state index contributed by atoms with van der Waals surface area (Å²) in [5.41, 5.74) is 0.0260. The summed E-state index contributed by atoms with van der Waals surface area (Å²) in [4.78, 5) is 28.8. The second kappa shape index (κ2) is 11.7. The first-order valence-corrected chi connectivity index (χ1v) is 21.0. The van der Waals surface area contributed by atoms with Gasteiger partial charge in [0, 0.05) is 6.42 Å². The van der Waals surface area contributed by atoms with E-state index in [9.17, 15) is 9.59 Å². The zero-order valence-corrected chi connectivity index (χ0v) is 30.4. The number of imide groups is 1. The molecule has 238 valence electrons. The minimum Gasteiger partial charge on any atom is -0.439 e. The van der Waals surface area contributed by atoms with Crippen molar-refractivity contribution in [3.63, 3.8) is 0 Å². The Morgan fingerprint density at radius 2 is 1.52 bits per heavy atom. The van der Waals surface area contributed by atoms with Gasteiger partial charge >= 0.3 is 6.09 Å². The minimum atomic E-state index is -2.45. The third kappa shape index (κ3) is 7.38. The Balaban J connectivity index is 1.95. The van der Waals surface area contributed by atoms with Crippen molar-refractivity contribution in [1.82, 2.24) is 4.90 Å². The average Bonchev–Trinajstić information content (AvgIpc) is 3.26. The topological polar surface area (TPSA) is 83.5 Å². The Hall–Kier alpha value is -1.57. The standard InChI is InChI=1S/C32H55NO7Si2/c1-22-26(23-18-16-15-17-19-23)37-28(35)33(22)27(34)24(39-42(13,14)30(5,6)7)20-25-32(10,40-31(8,9)38-25)21-36-41(11,12)29(2,3)4/h15-19,22,24-26H,20-21H2,1-14H3/t22-,24-,25+,26-,32+/m0/s1. The van der Waals surface area contributed by atoms with Gasteiger partial charge in [-0.1, -0.05) is 71.9 Å². The molecule has 0 aromatic heterocycles. The number of carbonyl (C=O) groups excluding carboxylic acids is 2. The van der Waals surface area contributed by atoms with Crippen molar-refractivity contribution in [2.75, 3.05) is 6.61 Å². The van der Waals surface area contributed by atoms with E-state index in [-0.39, 0.29) is 16.5 Å². The first-order chi connectivity index (χ1) is 18.9. The first-order valence-electron chi connectivity index (χ1n) is 15.2. The lowest BCUT2D eigenvalue weighted by molar-refractivity contribution is -0.166. The van der Waals surface area contributed by atoms with Crippen LogP contribution in [0.1, 0.15) is 87.3 Å². The van der Waals surface area contributed by atoms with Crippen LogP contribution < -0.4 is 0 Å². The van der Waals surface area contributed by atoms with Crippen molar-refractivity contribution in [3.05, 3.63) is 35.9 Å². The molecule has 0 aliphatic carbocycles. The molecule has 8 nitrogen and oxygen atoms in total. The average molecular weight is 622 g/mol. The Bertz CT molecular complexity index is 1130. The van der Waals surface area contributed by atoms with Gasteiger partial charge in [0.25, 0.3) is 5.91 Å². The molecule has 2 amide bonds. The summed E-state index contributed by atoms with van der Waals surface area (Å²) in [6.45, 7) is 29.6. The van der Waals surface area contributed by atoms with Crippen LogP contribution in [0.5, 0.6) is 0 Å². The largest absolute Gasteiger partial charge is 0.439 e. The lowest BCUT2D eigenvalue weighted by Gasteiger charge is -2.42. The fourth-order valence-corrected chi connectivity index (χ4v) is 7.35. The molecule has 2 aliphatic rings. The Kier molecular flexibility index (Phi) is 9.76. The number of rotatable bonds is 9. The van der Waals surface area contributed by atoms with Crippen LogP contribution in [0.25, 0.3) is 0 Å². The second-order valence-corrected chi connectivity index (χ2v) is 25.3. The monoisotopic (exact) mass is 621 g/mol. The number of amides is 2. The molecule has 1 aromatic rings. The Morgan fingerprint density at radius 3 is 2.05 bits per heavy atom. The molecule has 3 rings (SSSR count). The molecule has 10 heteroatoms. The molecular formula is C32H55NO7Si2. The molecule has 42 heavy (non-hydrogen) atoms. The fraction of sp³-hybridized carbons (Fsp3) is 0.750. The predicted octanol–water partition coefficient (Wildman–Crippen LogP) is 7.81. The van der Waals surface area contributed by atoms with E-state index in [0.717, 1.165) is 5.56 Å². The van der Waals surface area contributed by atoms with Gasteiger partial charge < -0.3 is 23.1 Å². The molecule has 2 saturated heterocycles. The van der Waals surface area contributed by atoms with Gasteiger partial charge in [-0.05, 0) is 69.5 Å². The number of cyclic esters (lactones) is 1. The molecule has 0 unspecified atom stereocenters. The van der Waals surface area contributed by atoms with E-state index in [1.807, 2.05) is 58.0 Å². The van der Waals surface area contributed by atoms with Gasteiger partial charge in [0.1, 0.15) is 17.8 Å². The third-order valence-corrected chi connectivity index (χ3v) is 18.7. The Labute approximate surface area is 256 Å². The summed E-state index contributed by atoms with van der Waals surface area (Å²) in [5, 5.41) is -0.129. The quantitative estimate of drug-likeness (QED) is 0.260. The van der Waals surface area contributed by atoms with E-state index in [0.29, 0.717) is 6.61 Å². The molecule has 2 fully saturated rings. The number of ether oxygens (including phenoxy) is 3. The van der Waals surface area contributed by atoms with Crippen molar-refractivity contribution in [1.29, 1.82) is 0 Å². The van der Waals surface area contributed by atoms with Gasteiger partial charge in [0.15, 0.2) is 22.4 Å². The van der Waals surface area contributed by atoms with E-state index in [2.05, 4.69) is 67.7 Å². The third-order valence-electron chi connectivity index (χ3n) is 9.69. The van der Waals surface area contributed by atoms with Crippen LogP contribution in [0.15, 0.2) is 30.3 Å². The summed E-state index contributed by atoms with van der Waals surface area (Å²) in [6.07, 6.45) is -2.42. The number of benzene rings is 1. The van der Waals surface area contributed by atoms with Crippen LogP contribution in [0, 0.1) is 0 Å². The molecule has 0 saturated carbocycles. The highest BCUT2D eigenvalue weighted by Gasteiger charge is 2.55. The van der Waals surface area contributed by atoms with Crippen LogP contribution >= 0.6 is 0 Å². The van der Waals surface area contributed by atoms with Crippen molar-refractivity contribution in [2.24, 2.45) is 0 Å². The summed E-state index contributed by atoms with van der Waals surface area (Å²) in [7, 11) is -4.55. The fourth-order valence-electron chi connectivity index (χ4n) is 5.01. The SMILES string of the molecule is C[C@H]1[C@@H](c2ccccc2)OC(=O)N1C(=O)[C@H](C[C@H]1OC(C)(C)O[C@]1(C)CO[Si](C)(C)C(C)(C)C)O[Si](C)(C)C(C)(C)C. The lowest BCUT2D eigenvalue weighted by Crippen LogP contribution is -2.54. The smallest absolute Gasteiger partial charge is 0.417 e. The maximum Gasteiger partial charge on any atom is 0.417 e. The van der Waals surface area contributed by atoms with Crippen LogP contribution in [-0.2, 0) is 27.9 Å².